The lowest BCUT2D eigenvalue weighted by Crippen LogP contribution is -2.50. The van der Waals surface area contributed by atoms with Crippen LogP contribution in [0, 0.1) is 5.92 Å². The highest BCUT2D eigenvalue weighted by molar-refractivity contribution is 5.94. The van der Waals surface area contributed by atoms with Gasteiger partial charge in [0.1, 0.15) is 0 Å². The maximum Gasteiger partial charge on any atom is 0.229 e. The van der Waals surface area contributed by atoms with Crippen LogP contribution in [-0.4, -0.2) is 42.2 Å². The minimum absolute atomic E-state index is 0.0629. The van der Waals surface area contributed by atoms with Crippen molar-refractivity contribution in [2.75, 3.05) is 25.6 Å². The fourth-order valence-electron chi connectivity index (χ4n) is 2.83. The summed E-state index contributed by atoms with van der Waals surface area (Å²) < 4.78 is 0. The number of nitrogens with zero attached hydrogens (tertiary/aromatic N) is 1. The van der Waals surface area contributed by atoms with Crippen LogP contribution in [0.1, 0.15) is 25.7 Å². The second-order valence-electron chi connectivity index (χ2n) is 5.43. The van der Waals surface area contributed by atoms with Crippen molar-refractivity contribution in [3.05, 3.63) is 18.5 Å². The van der Waals surface area contributed by atoms with E-state index in [1.165, 1.54) is 0 Å². The summed E-state index contributed by atoms with van der Waals surface area (Å²) in [6, 6.07) is 1.90. The number of hydrogen-bond acceptors (Lipinski definition) is 3. The van der Waals surface area contributed by atoms with Gasteiger partial charge >= 0.3 is 0 Å². The fraction of sp³-hybridized carbons (Fsp3) is 0.643. The van der Waals surface area contributed by atoms with Crippen LogP contribution in [0.3, 0.4) is 0 Å². The van der Waals surface area contributed by atoms with E-state index in [1.807, 2.05) is 32.6 Å². The molecule has 0 unspecified atom stereocenters. The van der Waals surface area contributed by atoms with Gasteiger partial charge in [0.15, 0.2) is 0 Å². The van der Waals surface area contributed by atoms with E-state index in [0.29, 0.717) is 0 Å². The number of aromatic amines is 1. The molecule has 0 radical (unpaired) electrons. The molecule has 1 heterocycles. The van der Waals surface area contributed by atoms with Gasteiger partial charge in [-0.15, -0.1) is 0 Å². The fourth-order valence-corrected chi connectivity index (χ4v) is 2.83. The number of carbonyl (C=O) groups is 1. The molecule has 1 aromatic rings. The summed E-state index contributed by atoms with van der Waals surface area (Å²) in [5.74, 6) is 0.232. The Labute approximate surface area is 114 Å². The van der Waals surface area contributed by atoms with Gasteiger partial charge in [0, 0.05) is 30.9 Å². The summed E-state index contributed by atoms with van der Waals surface area (Å²) in [5, 5.41) is 12.7. The van der Waals surface area contributed by atoms with E-state index >= 15 is 0 Å². The van der Waals surface area contributed by atoms with E-state index in [1.54, 1.807) is 4.90 Å². The molecule has 1 aromatic heterocycles. The molecule has 0 aromatic carbocycles. The van der Waals surface area contributed by atoms with E-state index in [-0.39, 0.29) is 24.0 Å². The van der Waals surface area contributed by atoms with E-state index < -0.39 is 0 Å². The van der Waals surface area contributed by atoms with Crippen molar-refractivity contribution >= 4 is 11.6 Å². The molecule has 3 N–H and O–H groups in total. The molecule has 1 fully saturated rings. The highest BCUT2D eigenvalue weighted by Gasteiger charge is 2.36. The number of hydrogen-bond donors (Lipinski definition) is 3. The van der Waals surface area contributed by atoms with Crippen molar-refractivity contribution in [1.82, 2.24) is 10.3 Å². The van der Waals surface area contributed by atoms with Gasteiger partial charge in [0.2, 0.25) is 5.91 Å². The largest absolute Gasteiger partial charge is 0.394 e. The van der Waals surface area contributed by atoms with Crippen LogP contribution in [0.4, 0.5) is 5.69 Å². The average Bonchev–Trinajstić information content (AvgIpc) is 3.00. The Morgan fingerprint density at radius 1 is 1.58 bits per heavy atom. The van der Waals surface area contributed by atoms with E-state index in [4.69, 9.17) is 0 Å². The third-order valence-electron chi connectivity index (χ3n) is 4.42. The average molecular weight is 265 g/mol. The molecular formula is C14H23N3O2. The first-order valence-corrected chi connectivity index (χ1v) is 6.82. The predicted molar refractivity (Wildman–Crippen MR) is 75.0 cm³/mol. The Hall–Kier alpha value is -1.33. The zero-order valence-corrected chi connectivity index (χ0v) is 11.6. The van der Waals surface area contributed by atoms with Crippen LogP contribution in [0.5, 0.6) is 0 Å². The van der Waals surface area contributed by atoms with Crippen molar-refractivity contribution in [2.45, 2.75) is 31.2 Å². The summed E-state index contributed by atoms with van der Waals surface area (Å²) in [6.45, 7) is 0.137. The van der Waals surface area contributed by atoms with Gasteiger partial charge in [-0.05, 0) is 38.8 Å². The molecule has 2 rings (SSSR count). The van der Waals surface area contributed by atoms with Gasteiger partial charge in [-0.2, -0.15) is 0 Å². The highest BCUT2D eigenvalue weighted by atomic mass is 16.3. The first-order valence-electron chi connectivity index (χ1n) is 6.82. The van der Waals surface area contributed by atoms with Crippen molar-refractivity contribution in [3.8, 4) is 0 Å². The summed E-state index contributed by atoms with van der Waals surface area (Å²) >= 11 is 0. The van der Waals surface area contributed by atoms with Gasteiger partial charge in [0.05, 0.1) is 12.3 Å². The van der Waals surface area contributed by atoms with E-state index in [9.17, 15) is 9.90 Å². The number of amides is 1. The van der Waals surface area contributed by atoms with Crippen molar-refractivity contribution in [2.24, 2.45) is 5.92 Å². The van der Waals surface area contributed by atoms with Crippen molar-refractivity contribution in [1.29, 1.82) is 0 Å². The number of aliphatic hydroxyl groups is 1. The Bertz CT molecular complexity index is 402. The monoisotopic (exact) mass is 265 g/mol. The lowest BCUT2D eigenvalue weighted by atomic mass is 9.76. The maximum absolute atomic E-state index is 12.4. The number of H-pyrrole nitrogens is 1. The van der Waals surface area contributed by atoms with Crippen LogP contribution in [0.2, 0.25) is 0 Å². The quantitative estimate of drug-likeness (QED) is 0.764. The maximum atomic E-state index is 12.4. The smallest absolute Gasteiger partial charge is 0.229 e. The van der Waals surface area contributed by atoms with Gasteiger partial charge < -0.3 is 20.3 Å². The second-order valence-corrected chi connectivity index (χ2v) is 5.43. The summed E-state index contributed by atoms with van der Waals surface area (Å²) in [7, 11) is 3.70. The van der Waals surface area contributed by atoms with Crippen LogP contribution in [0.25, 0.3) is 0 Å². The standard InChI is InChI=1S/C14H23N3O2/c1-15-14(10-18)6-3-11(4-7-14)13(19)17(2)12-5-8-16-9-12/h5,8-9,11,15-16,18H,3-4,6-7,10H2,1-2H3. The van der Waals surface area contributed by atoms with E-state index in [2.05, 4.69) is 10.3 Å². The molecule has 0 saturated heterocycles. The zero-order chi connectivity index (χ0) is 13.9. The van der Waals surface area contributed by atoms with Gasteiger partial charge in [-0.1, -0.05) is 0 Å². The molecule has 1 saturated carbocycles. The third-order valence-corrected chi connectivity index (χ3v) is 4.42. The van der Waals surface area contributed by atoms with Crippen LogP contribution in [-0.2, 0) is 4.79 Å². The summed E-state index contributed by atoms with van der Waals surface area (Å²) in [4.78, 5) is 17.1. The predicted octanol–water partition coefficient (Wildman–Crippen LogP) is 1.12. The van der Waals surface area contributed by atoms with Crippen molar-refractivity contribution in [3.63, 3.8) is 0 Å². The van der Waals surface area contributed by atoms with Gasteiger partial charge in [-0.3, -0.25) is 4.79 Å². The molecule has 1 aliphatic carbocycles. The van der Waals surface area contributed by atoms with E-state index in [0.717, 1.165) is 31.4 Å². The number of likely N-dealkylation sites (N-methyl/N-ethyl adjacent to an activating group) is 1. The first-order chi connectivity index (χ1) is 9.12. The molecule has 0 bridgehead atoms. The second kappa shape index (κ2) is 5.75. The molecule has 1 aliphatic rings. The number of carbonyl (C=O) groups excluding carboxylic acids is 1. The lowest BCUT2D eigenvalue weighted by Gasteiger charge is -2.39. The van der Waals surface area contributed by atoms with Crippen molar-refractivity contribution < 1.29 is 9.90 Å². The minimum Gasteiger partial charge on any atom is -0.394 e. The summed E-state index contributed by atoms with van der Waals surface area (Å²) in [5.41, 5.74) is 0.710. The zero-order valence-electron chi connectivity index (χ0n) is 11.6. The molecule has 5 nitrogen and oxygen atoms in total. The van der Waals surface area contributed by atoms with Gasteiger partial charge in [0.25, 0.3) is 0 Å². The third kappa shape index (κ3) is 2.82. The SMILES string of the molecule is CNC1(CO)CCC(C(=O)N(C)c2cc[nH]c2)CC1. The summed E-state index contributed by atoms with van der Waals surface area (Å²) in [6.07, 6.45) is 6.99. The molecule has 0 aliphatic heterocycles. The number of nitrogens with one attached hydrogen (secondary N) is 2. The molecule has 5 heteroatoms. The van der Waals surface area contributed by atoms with Crippen LogP contribution >= 0.6 is 0 Å². The first kappa shape index (κ1) is 14.1. The molecule has 106 valence electrons. The topological polar surface area (TPSA) is 68.4 Å². The van der Waals surface area contributed by atoms with Crippen LogP contribution in [0.15, 0.2) is 18.5 Å². The van der Waals surface area contributed by atoms with Gasteiger partial charge in [-0.25, -0.2) is 0 Å². The molecule has 0 spiro atoms. The molecular weight excluding hydrogens is 242 g/mol. The molecule has 0 atom stereocenters. The normalized spacial score (nSPS) is 27.2. The molecule has 19 heavy (non-hydrogen) atoms. The Balaban J connectivity index is 1.96. The Morgan fingerprint density at radius 2 is 2.26 bits per heavy atom. The minimum atomic E-state index is -0.191. The highest BCUT2D eigenvalue weighted by Crippen LogP contribution is 2.33. The number of aliphatic hydroxyl groups excluding tert-OH is 1. The number of rotatable bonds is 4. The number of aromatic nitrogens is 1. The Kier molecular flexibility index (Phi) is 4.27. The number of anilines is 1. The lowest BCUT2D eigenvalue weighted by molar-refractivity contribution is -0.123. The van der Waals surface area contributed by atoms with Crippen LogP contribution < -0.4 is 10.2 Å². The molecule has 1 amide bonds. The Morgan fingerprint density at radius 3 is 2.74 bits per heavy atom.